The molecule has 1 aliphatic heterocycles. The van der Waals surface area contributed by atoms with Crippen molar-refractivity contribution in [3.05, 3.63) is 29.3 Å². The lowest BCUT2D eigenvalue weighted by atomic mass is 10.1. The van der Waals surface area contributed by atoms with E-state index in [-0.39, 0.29) is 17.9 Å². The van der Waals surface area contributed by atoms with Gasteiger partial charge in [-0.3, -0.25) is 14.5 Å². The Bertz CT molecular complexity index is 623. The molecule has 0 atom stereocenters. The lowest BCUT2D eigenvalue weighted by molar-refractivity contribution is -0.133. The summed E-state index contributed by atoms with van der Waals surface area (Å²) in [5.41, 5.74) is 2.29. The number of carbonyl (C=O) groups is 2. The van der Waals surface area contributed by atoms with E-state index in [0.29, 0.717) is 32.7 Å². The molecule has 1 aliphatic rings. The Morgan fingerprint density at radius 1 is 1.15 bits per heavy atom. The van der Waals surface area contributed by atoms with Gasteiger partial charge in [-0.2, -0.15) is 0 Å². The van der Waals surface area contributed by atoms with Gasteiger partial charge in [0.25, 0.3) is 0 Å². The average molecular weight is 361 g/mol. The molecule has 1 aromatic rings. The fraction of sp³-hybridized carbons (Fsp3) is 0.600. The SMILES string of the molecule is Cc1ccc(OCCC(=O)N2CCN(CC(=O)NC(C)C)CC2)c(C)c1. The van der Waals surface area contributed by atoms with Gasteiger partial charge in [-0.05, 0) is 39.3 Å². The number of nitrogens with one attached hydrogen (secondary N) is 1. The summed E-state index contributed by atoms with van der Waals surface area (Å²) in [6, 6.07) is 6.20. The number of piperazine rings is 1. The Morgan fingerprint density at radius 3 is 2.46 bits per heavy atom. The minimum Gasteiger partial charge on any atom is -0.493 e. The van der Waals surface area contributed by atoms with E-state index in [0.717, 1.165) is 24.4 Å². The molecule has 0 saturated carbocycles. The summed E-state index contributed by atoms with van der Waals surface area (Å²) in [6.45, 7) is 11.5. The second-order valence-corrected chi connectivity index (χ2v) is 7.25. The van der Waals surface area contributed by atoms with Gasteiger partial charge in [0.15, 0.2) is 0 Å². The van der Waals surface area contributed by atoms with Crippen LogP contribution in [0.25, 0.3) is 0 Å². The second kappa shape index (κ2) is 9.57. The number of aryl methyl sites for hydroxylation is 2. The summed E-state index contributed by atoms with van der Waals surface area (Å²) in [6.07, 6.45) is 0.376. The standard InChI is InChI=1S/C20H31N3O3/c1-15(2)21-19(24)14-22-8-10-23(11-9-22)20(25)7-12-26-18-6-5-16(3)13-17(18)4/h5-6,13,15H,7-12,14H2,1-4H3,(H,21,24). The summed E-state index contributed by atoms with van der Waals surface area (Å²) in [4.78, 5) is 28.1. The maximum Gasteiger partial charge on any atom is 0.234 e. The molecule has 0 aliphatic carbocycles. The van der Waals surface area contributed by atoms with Gasteiger partial charge in [-0.25, -0.2) is 0 Å². The molecular formula is C20H31N3O3. The second-order valence-electron chi connectivity index (χ2n) is 7.25. The predicted octanol–water partition coefficient (Wildman–Crippen LogP) is 1.74. The monoisotopic (exact) mass is 361 g/mol. The first-order valence-electron chi connectivity index (χ1n) is 9.34. The summed E-state index contributed by atoms with van der Waals surface area (Å²) in [5, 5.41) is 2.90. The van der Waals surface area contributed by atoms with Crippen molar-refractivity contribution < 1.29 is 14.3 Å². The molecule has 0 spiro atoms. The molecule has 26 heavy (non-hydrogen) atoms. The van der Waals surface area contributed by atoms with Crippen molar-refractivity contribution in [2.45, 2.75) is 40.2 Å². The van der Waals surface area contributed by atoms with Gasteiger partial charge >= 0.3 is 0 Å². The van der Waals surface area contributed by atoms with Crippen LogP contribution in [0.2, 0.25) is 0 Å². The van der Waals surface area contributed by atoms with Crippen molar-refractivity contribution >= 4 is 11.8 Å². The zero-order valence-corrected chi connectivity index (χ0v) is 16.4. The van der Waals surface area contributed by atoms with Gasteiger partial charge in [-0.1, -0.05) is 17.7 Å². The van der Waals surface area contributed by atoms with Gasteiger partial charge in [-0.15, -0.1) is 0 Å². The van der Waals surface area contributed by atoms with Crippen molar-refractivity contribution in [1.82, 2.24) is 15.1 Å². The molecule has 0 aromatic heterocycles. The van der Waals surface area contributed by atoms with E-state index in [1.807, 2.05) is 44.7 Å². The van der Waals surface area contributed by atoms with Crippen LogP contribution in [0.4, 0.5) is 0 Å². The third-order valence-electron chi connectivity index (χ3n) is 4.45. The van der Waals surface area contributed by atoms with Crippen LogP contribution < -0.4 is 10.1 Å². The Balaban J connectivity index is 1.69. The Hall–Kier alpha value is -2.08. The van der Waals surface area contributed by atoms with Crippen LogP contribution in [-0.4, -0.2) is 67.0 Å². The van der Waals surface area contributed by atoms with E-state index in [2.05, 4.69) is 16.3 Å². The molecule has 6 heteroatoms. The Kier molecular flexibility index (Phi) is 7.45. The highest BCUT2D eigenvalue weighted by atomic mass is 16.5. The number of ether oxygens (including phenoxy) is 1. The van der Waals surface area contributed by atoms with Crippen LogP contribution in [0.15, 0.2) is 18.2 Å². The summed E-state index contributed by atoms with van der Waals surface area (Å²) < 4.78 is 5.75. The molecule has 1 saturated heterocycles. The summed E-state index contributed by atoms with van der Waals surface area (Å²) in [7, 11) is 0. The minimum atomic E-state index is 0.0432. The van der Waals surface area contributed by atoms with E-state index in [1.165, 1.54) is 5.56 Å². The fourth-order valence-electron chi connectivity index (χ4n) is 3.09. The van der Waals surface area contributed by atoms with Crippen molar-refractivity contribution in [2.75, 3.05) is 39.3 Å². The highest BCUT2D eigenvalue weighted by Crippen LogP contribution is 2.19. The Labute approximate surface area is 156 Å². The van der Waals surface area contributed by atoms with Gasteiger partial charge in [0.05, 0.1) is 19.6 Å². The molecule has 0 unspecified atom stereocenters. The van der Waals surface area contributed by atoms with Crippen LogP contribution in [0.5, 0.6) is 5.75 Å². The molecule has 0 bridgehead atoms. The predicted molar refractivity (Wildman–Crippen MR) is 102 cm³/mol. The summed E-state index contributed by atoms with van der Waals surface area (Å²) >= 11 is 0. The molecule has 1 heterocycles. The molecule has 1 N–H and O–H groups in total. The lowest BCUT2D eigenvalue weighted by Crippen LogP contribution is -2.51. The van der Waals surface area contributed by atoms with Crippen LogP contribution >= 0.6 is 0 Å². The topological polar surface area (TPSA) is 61.9 Å². The van der Waals surface area contributed by atoms with Crippen molar-refractivity contribution in [1.29, 1.82) is 0 Å². The minimum absolute atomic E-state index is 0.0432. The van der Waals surface area contributed by atoms with Crippen LogP contribution in [0.3, 0.4) is 0 Å². The number of carbonyl (C=O) groups excluding carboxylic acids is 2. The number of nitrogens with zero attached hydrogens (tertiary/aromatic N) is 2. The molecule has 2 amide bonds. The first-order chi connectivity index (χ1) is 12.3. The first-order valence-corrected chi connectivity index (χ1v) is 9.34. The normalized spacial score (nSPS) is 15.2. The number of rotatable bonds is 7. The van der Waals surface area contributed by atoms with Gasteiger partial charge < -0.3 is 15.0 Å². The van der Waals surface area contributed by atoms with Crippen LogP contribution in [0, 0.1) is 13.8 Å². The van der Waals surface area contributed by atoms with Crippen LogP contribution in [0.1, 0.15) is 31.4 Å². The van der Waals surface area contributed by atoms with Crippen molar-refractivity contribution in [3.63, 3.8) is 0 Å². The smallest absolute Gasteiger partial charge is 0.234 e. The molecule has 6 nitrogen and oxygen atoms in total. The van der Waals surface area contributed by atoms with Gasteiger partial charge in [0.1, 0.15) is 5.75 Å². The van der Waals surface area contributed by atoms with E-state index in [1.54, 1.807) is 0 Å². The van der Waals surface area contributed by atoms with E-state index < -0.39 is 0 Å². The Morgan fingerprint density at radius 2 is 1.85 bits per heavy atom. The third-order valence-corrected chi connectivity index (χ3v) is 4.45. The zero-order chi connectivity index (χ0) is 19.1. The highest BCUT2D eigenvalue weighted by Gasteiger charge is 2.22. The van der Waals surface area contributed by atoms with Gasteiger partial charge in [0, 0.05) is 32.2 Å². The van der Waals surface area contributed by atoms with Crippen molar-refractivity contribution in [2.24, 2.45) is 0 Å². The molecule has 1 fully saturated rings. The van der Waals surface area contributed by atoms with E-state index >= 15 is 0 Å². The molecule has 144 valence electrons. The maximum absolute atomic E-state index is 12.3. The van der Waals surface area contributed by atoms with E-state index in [9.17, 15) is 9.59 Å². The molecular weight excluding hydrogens is 330 g/mol. The summed E-state index contributed by atoms with van der Waals surface area (Å²) in [5.74, 6) is 0.993. The quantitative estimate of drug-likeness (QED) is 0.804. The average Bonchev–Trinajstić information content (AvgIpc) is 2.56. The number of amides is 2. The number of benzene rings is 1. The van der Waals surface area contributed by atoms with Gasteiger partial charge in [0.2, 0.25) is 11.8 Å². The first kappa shape index (κ1) is 20.2. The van der Waals surface area contributed by atoms with E-state index in [4.69, 9.17) is 4.74 Å². The number of hydrogen-bond acceptors (Lipinski definition) is 4. The number of hydrogen-bond donors (Lipinski definition) is 1. The largest absolute Gasteiger partial charge is 0.493 e. The maximum atomic E-state index is 12.3. The third kappa shape index (κ3) is 6.33. The highest BCUT2D eigenvalue weighted by molar-refractivity contribution is 5.78. The van der Waals surface area contributed by atoms with Crippen LogP contribution in [-0.2, 0) is 9.59 Å². The fourth-order valence-corrected chi connectivity index (χ4v) is 3.09. The molecule has 2 rings (SSSR count). The van der Waals surface area contributed by atoms with Crippen molar-refractivity contribution in [3.8, 4) is 5.75 Å². The molecule has 1 aromatic carbocycles. The zero-order valence-electron chi connectivity index (χ0n) is 16.4. The lowest BCUT2D eigenvalue weighted by Gasteiger charge is -2.34. The molecule has 0 radical (unpaired) electrons.